The van der Waals surface area contributed by atoms with Crippen LogP contribution in [0.25, 0.3) is 0 Å². The molecule has 0 atom stereocenters. The van der Waals surface area contributed by atoms with Crippen molar-refractivity contribution in [2.45, 2.75) is 26.2 Å². The van der Waals surface area contributed by atoms with E-state index in [1.807, 2.05) is 49.4 Å². The second-order valence-electron chi connectivity index (χ2n) is 5.52. The summed E-state index contributed by atoms with van der Waals surface area (Å²) in [5.74, 6) is 1.77. The fraction of sp³-hybridized carbons (Fsp3) is 0.350. The summed E-state index contributed by atoms with van der Waals surface area (Å²) >= 11 is 0. The van der Waals surface area contributed by atoms with Gasteiger partial charge in [0, 0.05) is 6.54 Å². The predicted molar refractivity (Wildman–Crippen MR) is 95.6 cm³/mol. The molecule has 0 aliphatic carbocycles. The van der Waals surface area contributed by atoms with Crippen molar-refractivity contribution in [2.75, 3.05) is 20.3 Å². The number of carbonyl (C=O) groups excluding carboxylic acids is 1. The molecule has 0 aromatic heterocycles. The average Bonchev–Trinajstić information content (AvgIpc) is 2.61. The maximum atomic E-state index is 12.0. The summed E-state index contributed by atoms with van der Waals surface area (Å²) in [6, 6.07) is 15.6. The van der Waals surface area contributed by atoms with E-state index in [1.54, 1.807) is 7.11 Å². The molecule has 24 heavy (non-hydrogen) atoms. The Hall–Kier alpha value is -2.49. The molecule has 0 bridgehead atoms. The zero-order valence-corrected chi connectivity index (χ0v) is 14.4. The zero-order valence-electron chi connectivity index (χ0n) is 14.4. The highest BCUT2D eigenvalue weighted by Gasteiger charge is 2.05. The quantitative estimate of drug-likeness (QED) is 0.718. The molecule has 0 saturated heterocycles. The Morgan fingerprint density at radius 1 is 1.08 bits per heavy atom. The first-order valence-corrected chi connectivity index (χ1v) is 8.33. The third-order valence-electron chi connectivity index (χ3n) is 3.74. The summed E-state index contributed by atoms with van der Waals surface area (Å²) in [6.07, 6.45) is 2.16. The Labute approximate surface area is 143 Å². The first-order valence-electron chi connectivity index (χ1n) is 8.33. The van der Waals surface area contributed by atoms with Crippen molar-refractivity contribution in [3.05, 3.63) is 59.7 Å². The molecule has 0 heterocycles. The summed E-state index contributed by atoms with van der Waals surface area (Å²) in [5.41, 5.74) is 2.17. The molecule has 2 aromatic rings. The summed E-state index contributed by atoms with van der Waals surface area (Å²) < 4.78 is 10.7. The van der Waals surface area contributed by atoms with Crippen LogP contribution in [0.2, 0.25) is 0 Å². The molecule has 0 aliphatic heterocycles. The van der Waals surface area contributed by atoms with Gasteiger partial charge in [0.1, 0.15) is 11.5 Å². The number of ether oxygens (including phenoxy) is 2. The van der Waals surface area contributed by atoms with Crippen LogP contribution in [0.1, 0.15) is 24.5 Å². The van der Waals surface area contributed by atoms with Crippen LogP contribution in [0.3, 0.4) is 0 Å². The highest BCUT2D eigenvalue weighted by Crippen LogP contribution is 2.19. The van der Waals surface area contributed by atoms with Crippen LogP contribution in [0.5, 0.6) is 11.5 Å². The number of benzene rings is 2. The third-order valence-corrected chi connectivity index (χ3v) is 3.74. The summed E-state index contributed by atoms with van der Waals surface area (Å²) in [4.78, 5) is 12.0. The Morgan fingerprint density at radius 2 is 1.83 bits per heavy atom. The zero-order chi connectivity index (χ0) is 17.2. The van der Waals surface area contributed by atoms with Gasteiger partial charge in [0.05, 0.1) is 20.1 Å². The number of carbonyl (C=O) groups is 1. The highest BCUT2D eigenvalue weighted by molar-refractivity contribution is 5.78. The van der Waals surface area contributed by atoms with Gasteiger partial charge >= 0.3 is 0 Å². The van der Waals surface area contributed by atoms with Crippen molar-refractivity contribution >= 4 is 5.91 Å². The van der Waals surface area contributed by atoms with E-state index in [4.69, 9.17) is 9.47 Å². The van der Waals surface area contributed by atoms with Gasteiger partial charge in [0.25, 0.3) is 0 Å². The number of rotatable bonds is 9. The van der Waals surface area contributed by atoms with E-state index in [9.17, 15) is 4.79 Å². The molecule has 128 valence electrons. The fourth-order valence-corrected chi connectivity index (χ4v) is 2.50. The molecule has 0 fully saturated rings. The van der Waals surface area contributed by atoms with Gasteiger partial charge < -0.3 is 14.8 Å². The smallest absolute Gasteiger partial charge is 0.224 e. The lowest BCUT2D eigenvalue weighted by Crippen LogP contribution is -2.26. The molecule has 0 spiro atoms. The van der Waals surface area contributed by atoms with Gasteiger partial charge in [0.15, 0.2) is 0 Å². The van der Waals surface area contributed by atoms with Crippen LogP contribution in [-0.4, -0.2) is 26.2 Å². The molecule has 4 nitrogen and oxygen atoms in total. The van der Waals surface area contributed by atoms with Gasteiger partial charge in [-0.05, 0) is 49.1 Å². The Bertz CT molecular complexity index is 638. The summed E-state index contributed by atoms with van der Waals surface area (Å²) in [5, 5.41) is 2.97. The first kappa shape index (κ1) is 17.9. The van der Waals surface area contributed by atoms with Gasteiger partial charge in [-0.2, -0.15) is 0 Å². The standard InChI is InChI=1S/C20H25NO3/c1-3-24-19-9-5-4-7-17(19)8-6-14-21-20(22)15-16-10-12-18(23-2)13-11-16/h4-5,7,9-13H,3,6,8,14-15H2,1-2H3,(H,21,22). The van der Waals surface area contributed by atoms with Gasteiger partial charge in [-0.3, -0.25) is 4.79 Å². The van der Waals surface area contributed by atoms with Crippen LogP contribution in [0.15, 0.2) is 48.5 Å². The van der Waals surface area contributed by atoms with E-state index in [1.165, 1.54) is 5.56 Å². The van der Waals surface area contributed by atoms with Crippen molar-refractivity contribution in [2.24, 2.45) is 0 Å². The molecular formula is C20H25NO3. The number of nitrogens with one attached hydrogen (secondary N) is 1. The number of hydrogen-bond donors (Lipinski definition) is 1. The maximum Gasteiger partial charge on any atom is 0.224 e. The van der Waals surface area contributed by atoms with Crippen LogP contribution in [0, 0.1) is 0 Å². The van der Waals surface area contributed by atoms with Gasteiger partial charge in [-0.15, -0.1) is 0 Å². The lowest BCUT2D eigenvalue weighted by atomic mass is 10.1. The Kier molecular flexibility index (Phi) is 7.15. The molecule has 0 saturated carbocycles. The van der Waals surface area contributed by atoms with E-state index >= 15 is 0 Å². The summed E-state index contributed by atoms with van der Waals surface area (Å²) in [6.45, 7) is 3.31. The maximum absolute atomic E-state index is 12.0. The van der Waals surface area contributed by atoms with Crippen LogP contribution in [-0.2, 0) is 17.6 Å². The number of hydrogen-bond acceptors (Lipinski definition) is 3. The van der Waals surface area contributed by atoms with Crippen molar-refractivity contribution in [1.82, 2.24) is 5.32 Å². The molecule has 0 radical (unpaired) electrons. The monoisotopic (exact) mass is 327 g/mol. The minimum Gasteiger partial charge on any atom is -0.497 e. The van der Waals surface area contributed by atoms with Crippen molar-refractivity contribution in [1.29, 1.82) is 0 Å². The topological polar surface area (TPSA) is 47.6 Å². The van der Waals surface area contributed by atoms with Gasteiger partial charge in [-0.25, -0.2) is 0 Å². The largest absolute Gasteiger partial charge is 0.497 e. The average molecular weight is 327 g/mol. The Balaban J connectivity index is 1.72. The van der Waals surface area contributed by atoms with Crippen LogP contribution >= 0.6 is 0 Å². The Morgan fingerprint density at radius 3 is 2.54 bits per heavy atom. The van der Waals surface area contributed by atoms with E-state index in [0.717, 1.165) is 29.9 Å². The number of amides is 1. The first-order chi connectivity index (χ1) is 11.7. The molecule has 0 unspecified atom stereocenters. The molecular weight excluding hydrogens is 302 g/mol. The molecule has 2 rings (SSSR count). The predicted octanol–water partition coefficient (Wildman–Crippen LogP) is 3.39. The van der Waals surface area contributed by atoms with Crippen molar-refractivity contribution < 1.29 is 14.3 Å². The normalized spacial score (nSPS) is 10.2. The van der Waals surface area contributed by atoms with E-state index in [-0.39, 0.29) is 5.91 Å². The lowest BCUT2D eigenvalue weighted by molar-refractivity contribution is -0.120. The van der Waals surface area contributed by atoms with Crippen LogP contribution < -0.4 is 14.8 Å². The number of aryl methyl sites for hydroxylation is 1. The highest BCUT2D eigenvalue weighted by atomic mass is 16.5. The van der Waals surface area contributed by atoms with Gasteiger partial charge in [0.2, 0.25) is 5.91 Å². The minimum absolute atomic E-state index is 0.0401. The summed E-state index contributed by atoms with van der Waals surface area (Å²) in [7, 11) is 1.63. The van der Waals surface area contributed by atoms with Gasteiger partial charge in [-0.1, -0.05) is 30.3 Å². The van der Waals surface area contributed by atoms with E-state index in [2.05, 4.69) is 11.4 Å². The molecule has 1 N–H and O–H groups in total. The fourth-order valence-electron chi connectivity index (χ4n) is 2.50. The van der Waals surface area contributed by atoms with E-state index < -0.39 is 0 Å². The molecule has 0 aliphatic rings. The van der Waals surface area contributed by atoms with Crippen molar-refractivity contribution in [3.8, 4) is 11.5 Å². The van der Waals surface area contributed by atoms with Crippen LogP contribution in [0.4, 0.5) is 0 Å². The molecule has 1 amide bonds. The molecule has 4 heteroatoms. The SMILES string of the molecule is CCOc1ccccc1CCCNC(=O)Cc1ccc(OC)cc1. The third kappa shape index (κ3) is 5.61. The molecule has 2 aromatic carbocycles. The minimum atomic E-state index is 0.0401. The number of methoxy groups -OCH3 is 1. The second kappa shape index (κ2) is 9.60. The van der Waals surface area contributed by atoms with Crippen molar-refractivity contribution in [3.63, 3.8) is 0 Å². The lowest BCUT2D eigenvalue weighted by Gasteiger charge is -2.10. The number of para-hydroxylation sites is 1. The second-order valence-corrected chi connectivity index (χ2v) is 5.52. The van der Waals surface area contributed by atoms with E-state index in [0.29, 0.717) is 19.6 Å².